The standard InChI is InChI=1S/C49H56N10O2/c1-34(56(2)48(60)43(36-16-7-3-8-17-36)57-25-11-5-12-26-57)45-52-32-40(54-45)35-21-23-38(24-22-35)46-50-30-39(31-51-46)41-33-53-47(55-41)42-20-15-29-59(42)49(61)44(37-18-9-4-10-19-37)58-27-13-6-14-28-58/h3-4,7-10,16-19,21-24,30-34,42-44H,5-6,11-15,20,25-29H2,1-2H3,(H,52,54)(H,53,55)/t34-,42+,43+,44+/m0/s1. The van der Waals surface area contributed by atoms with E-state index in [0.29, 0.717) is 5.82 Å². The fraction of sp³-hybridized carbons (Fsp3) is 0.388. The van der Waals surface area contributed by atoms with E-state index in [1.165, 1.54) is 12.8 Å². The lowest BCUT2D eigenvalue weighted by atomic mass is 10.00. The first kappa shape index (κ1) is 40.4. The average molecular weight is 817 g/mol. The van der Waals surface area contributed by atoms with Crippen LogP contribution in [0.3, 0.4) is 0 Å². The van der Waals surface area contributed by atoms with Gasteiger partial charge in [0.15, 0.2) is 5.82 Å². The summed E-state index contributed by atoms with van der Waals surface area (Å²) in [4.78, 5) is 63.0. The Morgan fingerprint density at radius 3 is 1.80 bits per heavy atom. The van der Waals surface area contributed by atoms with Crippen LogP contribution in [0.25, 0.3) is 33.9 Å². The Balaban J connectivity index is 0.851. The number of rotatable bonds is 12. The highest BCUT2D eigenvalue weighted by atomic mass is 16.2. The van der Waals surface area contributed by atoms with Crippen LogP contribution in [-0.4, -0.2) is 101 Å². The molecule has 3 aliphatic rings. The molecular weight excluding hydrogens is 761 g/mol. The molecule has 0 saturated carbocycles. The molecular formula is C49H56N10O2. The molecule has 314 valence electrons. The molecule has 2 amide bonds. The number of likely N-dealkylation sites (tertiary alicyclic amines) is 3. The number of hydrogen-bond acceptors (Lipinski definition) is 8. The van der Waals surface area contributed by atoms with Crippen molar-refractivity contribution in [2.45, 2.75) is 82.5 Å². The Hall–Kier alpha value is -5.98. The highest BCUT2D eigenvalue weighted by Crippen LogP contribution is 2.37. The van der Waals surface area contributed by atoms with Crippen molar-refractivity contribution < 1.29 is 9.59 Å². The number of benzene rings is 3. The van der Waals surface area contributed by atoms with Gasteiger partial charge in [0, 0.05) is 37.1 Å². The van der Waals surface area contributed by atoms with E-state index >= 15 is 0 Å². The average Bonchev–Trinajstić information content (AvgIpc) is 4.13. The number of likely N-dealkylation sites (N-methyl/N-ethyl adjacent to an activating group) is 1. The van der Waals surface area contributed by atoms with E-state index in [9.17, 15) is 9.59 Å². The number of H-pyrrole nitrogens is 2. The van der Waals surface area contributed by atoms with Crippen LogP contribution in [0.15, 0.2) is 110 Å². The molecule has 9 rings (SSSR count). The number of hydrogen-bond donors (Lipinski definition) is 2. The summed E-state index contributed by atoms with van der Waals surface area (Å²) in [6.07, 6.45) is 16.0. The number of amides is 2. The molecule has 12 nitrogen and oxygen atoms in total. The zero-order valence-corrected chi connectivity index (χ0v) is 35.3. The molecule has 61 heavy (non-hydrogen) atoms. The number of carbonyl (C=O) groups excluding carboxylic acids is 2. The molecule has 6 heterocycles. The topological polar surface area (TPSA) is 130 Å². The maximum Gasteiger partial charge on any atom is 0.245 e. The fourth-order valence-electron chi connectivity index (χ4n) is 9.45. The van der Waals surface area contributed by atoms with E-state index in [2.05, 4.69) is 44.0 Å². The lowest BCUT2D eigenvalue weighted by Crippen LogP contribution is -2.44. The van der Waals surface area contributed by atoms with E-state index in [4.69, 9.17) is 19.9 Å². The second kappa shape index (κ2) is 18.3. The van der Waals surface area contributed by atoms with Crippen molar-refractivity contribution in [1.82, 2.24) is 49.5 Å². The normalized spacial score (nSPS) is 19.0. The summed E-state index contributed by atoms with van der Waals surface area (Å²) < 4.78 is 0. The van der Waals surface area contributed by atoms with E-state index in [1.807, 2.05) is 109 Å². The summed E-state index contributed by atoms with van der Waals surface area (Å²) >= 11 is 0. The number of piperidine rings is 2. The first-order valence-electron chi connectivity index (χ1n) is 22.1. The predicted molar refractivity (Wildman–Crippen MR) is 237 cm³/mol. The quantitative estimate of drug-likeness (QED) is 0.126. The molecule has 12 heteroatoms. The molecule has 2 N–H and O–H groups in total. The number of imidazole rings is 2. The minimum atomic E-state index is -0.313. The third-order valence-corrected chi connectivity index (χ3v) is 13.0. The molecule has 0 spiro atoms. The van der Waals surface area contributed by atoms with Crippen LogP contribution >= 0.6 is 0 Å². The fourth-order valence-corrected chi connectivity index (χ4v) is 9.45. The summed E-state index contributed by atoms with van der Waals surface area (Å²) in [5, 5.41) is 0. The number of carbonyl (C=O) groups is 2. The molecule has 0 unspecified atom stereocenters. The minimum absolute atomic E-state index is 0.0784. The largest absolute Gasteiger partial charge is 0.340 e. The van der Waals surface area contributed by atoms with E-state index in [1.54, 1.807) is 0 Å². The Labute approximate surface area is 358 Å². The van der Waals surface area contributed by atoms with Gasteiger partial charge in [-0.15, -0.1) is 0 Å². The van der Waals surface area contributed by atoms with Crippen molar-refractivity contribution in [3.63, 3.8) is 0 Å². The van der Waals surface area contributed by atoms with E-state index in [-0.39, 0.29) is 36.0 Å². The predicted octanol–water partition coefficient (Wildman–Crippen LogP) is 8.56. The molecule has 3 saturated heterocycles. The smallest absolute Gasteiger partial charge is 0.245 e. The van der Waals surface area contributed by atoms with Gasteiger partial charge in [-0.25, -0.2) is 19.9 Å². The monoisotopic (exact) mass is 816 g/mol. The Bertz CT molecular complexity index is 2370. The van der Waals surface area contributed by atoms with Gasteiger partial charge in [0.2, 0.25) is 11.8 Å². The van der Waals surface area contributed by atoms with Gasteiger partial charge < -0.3 is 19.8 Å². The summed E-state index contributed by atoms with van der Waals surface area (Å²) in [7, 11) is 1.88. The third kappa shape index (κ3) is 8.65. The van der Waals surface area contributed by atoms with Gasteiger partial charge in [0.25, 0.3) is 0 Å². The van der Waals surface area contributed by atoms with E-state index < -0.39 is 0 Å². The van der Waals surface area contributed by atoms with Crippen LogP contribution in [0, 0.1) is 0 Å². The Morgan fingerprint density at radius 2 is 1.16 bits per heavy atom. The number of nitrogens with one attached hydrogen (secondary N) is 2. The van der Waals surface area contributed by atoms with Crippen molar-refractivity contribution in [2.24, 2.45) is 0 Å². The van der Waals surface area contributed by atoms with Crippen LogP contribution in [0.4, 0.5) is 0 Å². The van der Waals surface area contributed by atoms with Crippen LogP contribution < -0.4 is 0 Å². The summed E-state index contributed by atoms with van der Waals surface area (Å²) in [6, 6.07) is 27.5. The highest BCUT2D eigenvalue weighted by molar-refractivity contribution is 5.84. The van der Waals surface area contributed by atoms with Crippen molar-refractivity contribution >= 4 is 11.8 Å². The molecule has 0 radical (unpaired) electrons. The van der Waals surface area contributed by atoms with Crippen molar-refractivity contribution in [2.75, 3.05) is 39.8 Å². The van der Waals surface area contributed by atoms with Crippen LogP contribution in [-0.2, 0) is 9.59 Å². The first-order chi connectivity index (χ1) is 29.9. The zero-order valence-electron chi connectivity index (χ0n) is 35.3. The number of aromatic nitrogens is 6. The van der Waals surface area contributed by atoms with Crippen molar-refractivity contribution in [3.05, 3.63) is 132 Å². The van der Waals surface area contributed by atoms with Gasteiger partial charge in [0.1, 0.15) is 23.7 Å². The van der Waals surface area contributed by atoms with Crippen molar-refractivity contribution in [3.8, 4) is 33.9 Å². The van der Waals surface area contributed by atoms with Crippen LogP contribution in [0.1, 0.15) is 105 Å². The Kier molecular flexibility index (Phi) is 12.1. The molecule has 3 aliphatic heterocycles. The van der Waals surface area contributed by atoms with Gasteiger partial charge in [-0.3, -0.25) is 19.4 Å². The van der Waals surface area contributed by atoms with E-state index in [0.717, 1.165) is 122 Å². The van der Waals surface area contributed by atoms with Gasteiger partial charge in [-0.05, 0) is 88.3 Å². The SMILES string of the molecule is C[C@@H](c1ncc(-c2ccc(-c3ncc(-c4cnc([C@H]5CCCN5C(=O)[C@@H](c5ccccc5)N5CCCCC5)[nH]4)cn3)cc2)[nH]1)N(C)C(=O)[C@@H](c1ccccc1)N1CCCCC1. The van der Waals surface area contributed by atoms with Crippen LogP contribution in [0.2, 0.25) is 0 Å². The van der Waals surface area contributed by atoms with Gasteiger partial charge in [-0.1, -0.05) is 97.8 Å². The molecule has 0 aliphatic carbocycles. The molecule has 3 aromatic heterocycles. The lowest BCUT2D eigenvalue weighted by Gasteiger charge is -2.37. The molecule has 0 bridgehead atoms. The summed E-state index contributed by atoms with van der Waals surface area (Å²) in [6.45, 7) is 6.48. The van der Waals surface area contributed by atoms with Crippen molar-refractivity contribution in [1.29, 1.82) is 0 Å². The van der Waals surface area contributed by atoms with Crippen LogP contribution in [0.5, 0.6) is 0 Å². The molecule has 6 aromatic rings. The highest BCUT2D eigenvalue weighted by Gasteiger charge is 2.39. The maximum atomic E-state index is 14.4. The molecule has 3 fully saturated rings. The summed E-state index contributed by atoms with van der Waals surface area (Å²) in [5.41, 5.74) is 6.50. The second-order valence-corrected chi connectivity index (χ2v) is 16.9. The Morgan fingerprint density at radius 1 is 0.607 bits per heavy atom. The molecule has 3 aromatic carbocycles. The molecule has 4 atom stereocenters. The number of nitrogens with zero attached hydrogens (tertiary/aromatic N) is 8. The van der Waals surface area contributed by atoms with Gasteiger partial charge in [0.05, 0.1) is 35.9 Å². The van der Waals surface area contributed by atoms with Gasteiger partial charge >= 0.3 is 0 Å². The lowest BCUT2D eigenvalue weighted by molar-refractivity contribution is -0.139. The third-order valence-electron chi connectivity index (χ3n) is 13.0. The number of aromatic amines is 2. The maximum absolute atomic E-state index is 14.4. The first-order valence-corrected chi connectivity index (χ1v) is 22.1. The second-order valence-electron chi connectivity index (χ2n) is 16.9. The minimum Gasteiger partial charge on any atom is -0.340 e. The van der Waals surface area contributed by atoms with Gasteiger partial charge in [-0.2, -0.15) is 0 Å². The zero-order chi connectivity index (χ0) is 41.7. The summed E-state index contributed by atoms with van der Waals surface area (Å²) in [5.74, 6) is 2.40.